The maximum absolute atomic E-state index is 15.0. The zero-order valence-electron chi connectivity index (χ0n) is 28.3. The predicted molar refractivity (Wildman–Crippen MR) is 186 cm³/mol. The molecule has 0 aliphatic heterocycles. The van der Waals surface area contributed by atoms with Crippen molar-refractivity contribution in [3.63, 3.8) is 0 Å². The number of furan rings is 1. The van der Waals surface area contributed by atoms with Crippen LogP contribution in [-0.4, -0.2) is 56.4 Å². The van der Waals surface area contributed by atoms with E-state index in [1.807, 2.05) is 0 Å². The average molecular weight is 757 g/mol. The standard InChI is InChI=1S/C37H31ClF6N6O3/c1-17-15-37(43,44)33(27(17)28(45)35(41)42)46-16-26(51)48-25(13-18-11-19(39)14-20(40)12-18)29-22(8-7-21(47-29)9-10-36(2,3)52)23-5-4-6-24-30-32(53-31(23)24)34(38)50-49-30/h4-8,11-12,14,17,25,35,52H,13,15-16,45H2,1-3H3,(H,48,51)(H,49,50)/t17-,25?/m0/s1. The van der Waals surface area contributed by atoms with Gasteiger partial charge in [-0.05, 0) is 68.0 Å². The third-order valence-corrected chi connectivity index (χ3v) is 8.73. The summed E-state index contributed by atoms with van der Waals surface area (Å²) in [6.07, 6.45) is -4.34. The lowest BCUT2D eigenvalue weighted by Crippen LogP contribution is -2.34. The number of fused-ring (bicyclic) bond motifs is 3. The van der Waals surface area contributed by atoms with Crippen molar-refractivity contribution < 1.29 is 40.7 Å². The topological polar surface area (TPSA) is 142 Å². The Morgan fingerprint density at radius 1 is 1.17 bits per heavy atom. The fraction of sp³-hybridized carbons (Fsp3) is 0.297. The van der Waals surface area contributed by atoms with Crippen molar-refractivity contribution in [2.45, 2.75) is 57.6 Å². The number of allylic oxidation sites excluding steroid dienone is 2. The molecule has 1 aliphatic rings. The molecule has 2 aromatic carbocycles. The van der Waals surface area contributed by atoms with E-state index >= 15 is 0 Å². The van der Waals surface area contributed by atoms with Gasteiger partial charge in [-0.3, -0.25) is 14.9 Å². The Labute approximate surface area is 303 Å². The number of benzene rings is 2. The summed E-state index contributed by atoms with van der Waals surface area (Å²) in [4.78, 5) is 22.1. The molecule has 1 saturated carbocycles. The minimum Gasteiger partial charge on any atom is -0.450 e. The molecule has 0 saturated heterocycles. The van der Waals surface area contributed by atoms with E-state index in [4.69, 9.17) is 26.7 Å². The number of carbonyl (C=O) groups excluding carboxylic acids is 1. The zero-order valence-corrected chi connectivity index (χ0v) is 29.1. The fourth-order valence-electron chi connectivity index (χ4n) is 6.31. The SMILES string of the molecule is C[C@H]1CC(F)(F)C(=NCC(=O)NC(Cc2cc(F)cc(F)c2)c2nc(C#CC(C)(C)O)ccc2-c2cccc3c2oc2c(Cl)[nH]nc23)C1=C(N)C(F)F. The van der Waals surface area contributed by atoms with Crippen LogP contribution in [-0.2, 0) is 11.2 Å². The minimum absolute atomic E-state index is 0.0901. The Balaban J connectivity index is 1.49. The number of nitrogens with two attached hydrogens (primary N) is 1. The fourth-order valence-corrected chi connectivity index (χ4v) is 6.48. The van der Waals surface area contributed by atoms with Gasteiger partial charge in [0.05, 0.1) is 17.4 Å². The van der Waals surface area contributed by atoms with E-state index in [9.17, 15) is 36.2 Å². The van der Waals surface area contributed by atoms with Gasteiger partial charge in [-0.15, -0.1) is 0 Å². The van der Waals surface area contributed by atoms with E-state index in [-0.39, 0.29) is 34.1 Å². The van der Waals surface area contributed by atoms with E-state index < -0.39 is 77.4 Å². The van der Waals surface area contributed by atoms with Crippen LogP contribution in [0.2, 0.25) is 5.15 Å². The van der Waals surface area contributed by atoms with Crippen LogP contribution in [0.25, 0.3) is 33.2 Å². The number of H-pyrrole nitrogens is 1. The summed E-state index contributed by atoms with van der Waals surface area (Å²) in [6, 6.07) is 9.87. The van der Waals surface area contributed by atoms with Crippen molar-refractivity contribution in [1.82, 2.24) is 20.5 Å². The summed E-state index contributed by atoms with van der Waals surface area (Å²) >= 11 is 6.26. The lowest BCUT2D eigenvalue weighted by molar-refractivity contribution is -0.120. The number of alkyl halides is 4. The normalized spacial score (nSPS) is 18.1. The maximum atomic E-state index is 15.0. The van der Waals surface area contributed by atoms with Crippen molar-refractivity contribution in [2.75, 3.05) is 6.54 Å². The number of aliphatic hydroxyl groups is 1. The van der Waals surface area contributed by atoms with Gasteiger partial charge < -0.3 is 20.6 Å². The highest BCUT2D eigenvalue weighted by atomic mass is 35.5. The minimum atomic E-state index is -3.64. The van der Waals surface area contributed by atoms with Crippen LogP contribution < -0.4 is 11.1 Å². The number of halogens is 7. The Kier molecular flexibility index (Phi) is 10.1. The molecule has 5 N–H and O–H groups in total. The molecule has 1 unspecified atom stereocenters. The van der Waals surface area contributed by atoms with Gasteiger partial charge in [-0.1, -0.05) is 36.6 Å². The molecule has 0 radical (unpaired) electrons. The van der Waals surface area contributed by atoms with Crippen molar-refractivity contribution in [2.24, 2.45) is 16.6 Å². The van der Waals surface area contributed by atoms with Crippen LogP contribution in [0.15, 0.2) is 69.2 Å². The lowest BCUT2D eigenvalue weighted by Gasteiger charge is -2.22. The number of hydrogen-bond donors (Lipinski definition) is 4. The molecular weight excluding hydrogens is 726 g/mol. The first-order valence-corrected chi connectivity index (χ1v) is 16.6. The van der Waals surface area contributed by atoms with Gasteiger partial charge in [0.1, 0.15) is 46.3 Å². The second kappa shape index (κ2) is 14.2. The van der Waals surface area contributed by atoms with E-state index in [0.29, 0.717) is 33.7 Å². The van der Waals surface area contributed by atoms with Gasteiger partial charge in [-0.25, -0.2) is 22.5 Å². The number of nitrogens with zero attached hydrogens (tertiary/aromatic N) is 3. The zero-order chi connectivity index (χ0) is 38.4. The van der Waals surface area contributed by atoms with Crippen LogP contribution >= 0.6 is 11.6 Å². The molecule has 5 aromatic rings. The summed E-state index contributed by atoms with van der Waals surface area (Å²) in [5, 5.41) is 20.5. The summed E-state index contributed by atoms with van der Waals surface area (Å²) in [5.74, 6) is -2.02. The maximum Gasteiger partial charge on any atom is 0.290 e. The first-order valence-electron chi connectivity index (χ1n) is 16.2. The number of amides is 1. The Bertz CT molecular complexity index is 2350. The molecule has 53 heavy (non-hydrogen) atoms. The lowest BCUT2D eigenvalue weighted by atomic mass is 9.94. The van der Waals surface area contributed by atoms with Crippen LogP contribution in [0.1, 0.15) is 50.2 Å². The number of pyridine rings is 1. The van der Waals surface area contributed by atoms with Gasteiger partial charge in [0, 0.05) is 34.6 Å². The monoisotopic (exact) mass is 756 g/mol. The summed E-state index contributed by atoms with van der Waals surface area (Å²) in [5.41, 5.74) is 3.67. The summed E-state index contributed by atoms with van der Waals surface area (Å²) in [6.45, 7) is 3.28. The Morgan fingerprint density at radius 2 is 1.89 bits per heavy atom. The smallest absolute Gasteiger partial charge is 0.290 e. The molecule has 2 atom stereocenters. The Hall–Kier alpha value is -5.33. The average Bonchev–Trinajstić information content (AvgIpc) is 3.70. The quantitative estimate of drug-likeness (QED) is 0.0960. The van der Waals surface area contributed by atoms with Gasteiger partial charge in [0.15, 0.2) is 10.7 Å². The Morgan fingerprint density at radius 3 is 2.57 bits per heavy atom. The number of nitrogens with one attached hydrogen (secondary N) is 2. The summed E-state index contributed by atoms with van der Waals surface area (Å²) in [7, 11) is 0. The largest absolute Gasteiger partial charge is 0.450 e. The third kappa shape index (κ3) is 7.89. The van der Waals surface area contributed by atoms with Crippen LogP contribution in [0, 0.1) is 29.4 Å². The van der Waals surface area contributed by atoms with Crippen molar-refractivity contribution in [3.05, 3.63) is 93.5 Å². The molecule has 1 fully saturated rings. The molecular formula is C37H31ClF6N6O3. The first-order chi connectivity index (χ1) is 24.9. The highest BCUT2D eigenvalue weighted by molar-refractivity contribution is 6.34. The van der Waals surface area contributed by atoms with Gasteiger partial charge in [-0.2, -0.15) is 13.9 Å². The van der Waals surface area contributed by atoms with Crippen LogP contribution in [0.4, 0.5) is 26.3 Å². The van der Waals surface area contributed by atoms with Crippen molar-refractivity contribution in [1.29, 1.82) is 0 Å². The highest BCUT2D eigenvalue weighted by Gasteiger charge is 2.49. The number of aromatic amines is 1. The molecule has 9 nitrogen and oxygen atoms in total. The van der Waals surface area contributed by atoms with Crippen molar-refractivity contribution in [3.8, 4) is 23.0 Å². The van der Waals surface area contributed by atoms with E-state index in [0.717, 1.165) is 12.1 Å². The van der Waals surface area contributed by atoms with Gasteiger partial charge >= 0.3 is 0 Å². The molecule has 1 amide bonds. The molecule has 0 spiro atoms. The molecule has 16 heteroatoms. The predicted octanol–water partition coefficient (Wildman–Crippen LogP) is 7.42. The number of aromatic nitrogens is 3. The van der Waals surface area contributed by atoms with E-state index in [1.54, 1.807) is 30.3 Å². The number of rotatable bonds is 8. The molecule has 3 heterocycles. The first kappa shape index (κ1) is 37.4. The molecule has 0 bridgehead atoms. The van der Waals surface area contributed by atoms with Crippen LogP contribution in [0.5, 0.6) is 0 Å². The molecule has 6 rings (SSSR count). The number of para-hydroxylation sites is 1. The van der Waals surface area contributed by atoms with Crippen LogP contribution in [0.3, 0.4) is 0 Å². The van der Waals surface area contributed by atoms with E-state index in [2.05, 4.69) is 32.3 Å². The molecule has 3 aromatic heterocycles. The van der Waals surface area contributed by atoms with Gasteiger partial charge in [0.25, 0.3) is 12.3 Å². The number of aliphatic imine (C=N–C) groups is 1. The highest BCUT2D eigenvalue weighted by Crippen LogP contribution is 2.43. The summed E-state index contributed by atoms with van der Waals surface area (Å²) < 4.78 is 92.0. The number of hydrogen-bond acceptors (Lipinski definition) is 7. The second-order valence-electron chi connectivity index (χ2n) is 13.2. The van der Waals surface area contributed by atoms with Gasteiger partial charge in [0.2, 0.25) is 5.91 Å². The molecule has 1 aliphatic carbocycles. The second-order valence-corrected chi connectivity index (χ2v) is 13.6. The molecule has 276 valence electrons. The van der Waals surface area contributed by atoms with Crippen molar-refractivity contribution >= 4 is 45.3 Å². The third-order valence-electron chi connectivity index (χ3n) is 8.48. The number of carbonyl (C=O) groups is 1. The van der Waals surface area contributed by atoms with E-state index in [1.165, 1.54) is 20.8 Å².